The van der Waals surface area contributed by atoms with Gasteiger partial charge in [-0.15, -0.1) is 0 Å². The van der Waals surface area contributed by atoms with Crippen LogP contribution in [0.2, 0.25) is 0 Å². The maximum Gasteiger partial charge on any atom is 0.150 e. The maximum atomic E-state index is 11.5. The van der Waals surface area contributed by atoms with E-state index >= 15 is 0 Å². The minimum atomic E-state index is -2.86. The van der Waals surface area contributed by atoms with Crippen molar-refractivity contribution in [3.63, 3.8) is 0 Å². The van der Waals surface area contributed by atoms with Crippen molar-refractivity contribution in [2.24, 2.45) is 0 Å². The van der Waals surface area contributed by atoms with Crippen LogP contribution in [0.25, 0.3) is 0 Å². The van der Waals surface area contributed by atoms with Crippen LogP contribution >= 0.6 is 0 Å². The van der Waals surface area contributed by atoms with E-state index in [1.165, 1.54) is 0 Å². The predicted octanol–water partition coefficient (Wildman–Crippen LogP) is 2.38. The second-order valence-electron chi connectivity index (χ2n) is 5.42. The lowest BCUT2D eigenvalue weighted by Crippen LogP contribution is -2.49. The van der Waals surface area contributed by atoms with Gasteiger partial charge in [0.25, 0.3) is 0 Å². The van der Waals surface area contributed by atoms with Crippen LogP contribution < -0.4 is 5.32 Å². The number of rotatable bonds is 11. The van der Waals surface area contributed by atoms with Crippen LogP contribution in [-0.4, -0.2) is 44.7 Å². The average molecular weight is 293 g/mol. The summed E-state index contributed by atoms with van der Waals surface area (Å²) in [6.07, 6.45) is 2.58. The topological polar surface area (TPSA) is 55.4 Å². The van der Waals surface area contributed by atoms with E-state index in [1.807, 2.05) is 6.92 Å². The van der Waals surface area contributed by atoms with Crippen LogP contribution in [0.4, 0.5) is 0 Å². The Balaban J connectivity index is 4.43. The summed E-state index contributed by atoms with van der Waals surface area (Å²) in [5.41, 5.74) is -0.264. The van der Waals surface area contributed by atoms with E-state index in [2.05, 4.69) is 26.1 Å². The van der Waals surface area contributed by atoms with Gasteiger partial charge in [-0.3, -0.25) is 0 Å². The summed E-state index contributed by atoms with van der Waals surface area (Å²) in [6.45, 7) is 11.5. The molecule has 116 valence electrons. The minimum Gasteiger partial charge on any atom is -0.374 e. The fourth-order valence-corrected chi connectivity index (χ4v) is 3.03. The Bertz CT molecular complexity index is 326. The Hall–Kier alpha value is -0.130. The summed E-state index contributed by atoms with van der Waals surface area (Å²) in [5, 5.41) is 3.48. The fourth-order valence-electron chi connectivity index (χ4n) is 2.14. The summed E-state index contributed by atoms with van der Waals surface area (Å²) in [5.74, 6) is 0.505. The van der Waals surface area contributed by atoms with Gasteiger partial charge in [0, 0.05) is 18.4 Å². The van der Waals surface area contributed by atoms with Gasteiger partial charge in [0.1, 0.15) is 9.84 Å². The van der Waals surface area contributed by atoms with Crippen molar-refractivity contribution in [2.45, 2.75) is 65.5 Å². The predicted molar refractivity (Wildman–Crippen MR) is 81.3 cm³/mol. The van der Waals surface area contributed by atoms with Crippen molar-refractivity contribution in [1.82, 2.24) is 5.32 Å². The summed E-state index contributed by atoms with van der Waals surface area (Å²) in [7, 11) is -2.86. The maximum absolute atomic E-state index is 11.5. The van der Waals surface area contributed by atoms with E-state index in [0.717, 1.165) is 19.4 Å². The summed E-state index contributed by atoms with van der Waals surface area (Å²) >= 11 is 0. The van der Waals surface area contributed by atoms with Crippen LogP contribution in [0.15, 0.2) is 0 Å². The van der Waals surface area contributed by atoms with E-state index in [0.29, 0.717) is 13.0 Å². The largest absolute Gasteiger partial charge is 0.374 e. The van der Waals surface area contributed by atoms with Crippen LogP contribution in [0.3, 0.4) is 0 Å². The lowest BCUT2D eigenvalue weighted by Gasteiger charge is -2.35. The third kappa shape index (κ3) is 7.90. The number of ether oxygens (including phenoxy) is 1. The zero-order valence-corrected chi connectivity index (χ0v) is 14.0. The minimum absolute atomic E-state index is 0.194. The van der Waals surface area contributed by atoms with Gasteiger partial charge in [0.15, 0.2) is 0 Å². The van der Waals surface area contributed by atoms with Crippen molar-refractivity contribution in [1.29, 1.82) is 0 Å². The third-order valence-corrected chi connectivity index (χ3v) is 5.17. The second kappa shape index (κ2) is 8.93. The molecule has 0 spiro atoms. The van der Waals surface area contributed by atoms with Gasteiger partial charge in [0.05, 0.1) is 11.4 Å². The molecular formula is C14H31NO3S. The van der Waals surface area contributed by atoms with Crippen molar-refractivity contribution in [2.75, 3.05) is 24.7 Å². The molecule has 0 aliphatic rings. The molecule has 5 heteroatoms. The van der Waals surface area contributed by atoms with E-state index in [9.17, 15) is 8.42 Å². The van der Waals surface area contributed by atoms with Crippen LogP contribution in [0.1, 0.15) is 53.9 Å². The van der Waals surface area contributed by atoms with E-state index in [1.54, 1.807) is 6.92 Å². The molecule has 1 unspecified atom stereocenters. The van der Waals surface area contributed by atoms with Gasteiger partial charge in [-0.25, -0.2) is 8.42 Å². The SMILES string of the molecule is CCCNC(CCCS(=O)(=O)CC)C(C)(C)OCC. The van der Waals surface area contributed by atoms with Gasteiger partial charge in [-0.05, 0) is 46.6 Å². The highest BCUT2D eigenvalue weighted by Gasteiger charge is 2.29. The first-order chi connectivity index (χ1) is 8.79. The smallest absolute Gasteiger partial charge is 0.150 e. The second-order valence-corrected chi connectivity index (χ2v) is 7.89. The number of nitrogens with one attached hydrogen (secondary N) is 1. The Kier molecular flexibility index (Phi) is 8.86. The summed E-state index contributed by atoms with van der Waals surface area (Å²) in [4.78, 5) is 0. The zero-order chi connectivity index (χ0) is 14.9. The molecule has 0 rings (SSSR count). The van der Waals surface area contributed by atoms with E-state index in [-0.39, 0.29) is 23.1 Å². The number of hydrogen-bond donors (Lipinski definition) is 1. The molecule has 0 aromatic carbocycles. The van der Waals surface area contributed by atoms with E-state index < -0.39 is 9.84 Å². The van der Waals surface area contributed by atoms with E-state index in [4.69, 9.17) is 4.74 Å². The molecule has 0 aromatic rings. The van der Waals surface area contributed by atoms with Crippen molar-refractivity contribution in [3.05, 3.63) is 0 Å². The molecule has 0 saturated heterocycles. The molecule has 0 bridgehead atoms. The first-order valence-electron chi connectivity index (χ1n) is 7.36. The highest BCUT2D eigenvalue weighted by Crippen LogP contribution is 2.19. The third-order valence-electron chi connectivity index (χ3n) is 3.38. The Morgan fingerprint density at radius 2 is 1.84 bits per heavy atom. The first kappa shape index (κ1) is 18.9. The quantitative estimate of drug-likeness (QED) is 0.635. The van der Waals surface area contributed by atoms with Gasteiger partial charge < -0.3 is 10.1 Å². The number of hydrogen-bond acceptors (Lipinski definition) is 4. The molecule has 0 radical (unpaired) electrons. The first-order valence-corrected chi connectivity index (χ1v) is 9.19. The monoisotopic (exact) mass is 293 g/mol. The Morgan fingerprint density at radius 1 is 1.21 bits per heavy atom. The van der Waals surface area contributed by atoms with Crippen molar-refractivity contribution < 1.29 is 13.2 Å². The molecule has 0 aliphatic carbocycles. The zero-order valence-electron chi connectivity index (χ0n) is 13.2. The van der Waals surface area contributed by atoms with Gasteiger partial charge in [-0.2, -0.15) is 0 Å². The van der Waals surface area contributed by atoms with Crippen LogP contribution in [0.5, 0.6) is 0 Å². The molecule has 0 heterocycles. The molecule has 0 amide bonds. The van der Waals surface area contributed by atoms with Crippen molar-refractivity contribution >= 4 is 9.84 Å². The molecule has 0 aromatic heterocycles. The standard InChI is InChI=1S/C14H31NO3S/c1-6-11-15-13(14(4,5)18-7-2)10-9-12-19(16,17)8-3/h13,15H,6-12H2,1-5H3. The molecular weight excluding hydrogens is 262 g/mol. The summed E-state index contributed by atoms with van der Waals surface area (Å²) < 4.78 is 28.8. The molecule has 0 fully saturated rings. The van der Waals surface area contributed by atoms with Crippen LogP contribution in [-0.2, 0) is 14.6 Å². The lowest BCUT2D eigenvalue weighted by molar-refractivity contribution is -0.0401. The Labute approximate surface area is 119 Å². The van der Waals surface area contributed by atoms with Gasteiger partial charge in [-0.1, -0.05) is 13.8 Å². The summed E-state index contributed by atoms with van der Waals surface area (Å²) in [6, 6.07) is 0.194. The lowest BCUT2D eigenvalue weighted by atomic mass is 9.94. The normalized spacial score (nSPS) is 14.6. The van der Waals surface area contributed by atoms with Crippen LogP contribution in [0, 0.1) is 0 Å². The molecule has 0 aliphatic heterocycles. The Morgan fingerprint density at radius 3 is 2.32 bits per heavy atom. The highest BCUT2D eigenvalue weighted by atomic mass is 32.2. The van der Waals surface area contributed by atoms with Gasteiger partial charge >= 0.3 is 0 Å². The molecule has 19 heavy (non-hydrogen) atoms. The molecule has 0 saturated carbocycles. The molecule has 4 nitrogen and oxygen atoms in total. The fraction of sp³-hybridized carbons (Fsp3) is 1.00. The number of sulfone groups is 1. The molecule has 1 N–H and O–H groups in total. The molecule has 1 atom stereocenters. The average Bonchev–Trinajstić information content (AvgIpc) is 2.33. The highest BCUT2D eigenvalue weighted by molar-refractivity contribution is 7.91. The van der Waals surface area contributed by atoms with Crippen molar-refractivity contribution in [3.8, 4) is 0 Å². The van der Waals surface area contributed by atoms with Gasteiger partial charge in [0.2, 0.25) is 0 Å².